The first-order chi connectivity index (χ1) is 16.2. The number of hydrazone groups is 1. The minimum Gasteiger partial charge on any atom is -0.455 e. The van der Waals surface area contributed by atoms with Crippen LogP contribution in [-0.4, -0.2) is 24.7 Å². The van der Waals surface area contributed by atoms with E-state index in [4.69, 9.17) is 4.74 Å². The second-order valence-corrected chi connectivity index (χ2v) is 7.59. The predicted molar refractivity (Wildman–Crippen MR) is 123 cm³/mol. The van der Waals surface area contributed by atoms with Crippen LogP contribution in [0.2, 0.25) is 0 Å². The lowest BCUT2D eigenvalue weighted by molar-refractivity contribution is -0.148. The van der Waals surface area contributed by atoms with Gasteiger partial charge in [-0.2, -0.15) is 23.3 Å². The molecule has 0 bridgehead atoms. The van der Waals surface area contributed by atoms with Crippen molar-refractivity contribution in [3.8, 4) is 0 Å². The lowest BCUT2D eigenvalue weighted by atomic mass is 9.98. The van der Waals surface area contributed by atoms with Crippen LogP contribution in [0, 0.1) is 0 Å². The number of hydrogen-bond acceptors (Lipinski definition) is 4. The SMILES string of the molecule is CC(CC(=O)OCC(=O)N(N=Cc1ccccc1)c1cccc(C(F)(F)F)c1)c1ccccc1. The average Bonchev–Trinajstić information content (AvgIpc) is 2.83. The number of halogens is 3. The zero-order valence-electron chi connectivity index (χ0n) is 18.4. The van der Waals surface area contributed by atoms with Crippen molar-refractivity contribution in [2.75, 3.05) is 11.6 Å². The summed E-state index contributed by atoms with van der Waals surface area (Å²) >= 11 is 0. The quantitative estimate of drug-likeness (QED) is 0.238. The Morgan fingerprint density at radius 1 is 0.971 bits per heavy atom. The van der Waals surface area contributed by atoms with Gasteiger partial charge in [0.05, 0.1) is 23.9 Å². The molecule has 0 heterocycles. The predicted octanol–water partition coefficient (Wildman–Crippen LogP) is 5.81. The lowest BCUT2D eigenvalue weighted by Gasteiger charge is -2.19. The molecule has 0 spiro atoms. The van der Waals surface area contributed by atoms with E-state index in [0.717, 1.165) is 22.7 Å². The van der Waals surface area contributed by atoms with Crippen LogP contribution in [0.25, 0.3) is 0 Å². The summed E-state index contributed by atoms with van der Waals surface area (Å²) < 4.78 is 44.7. The van der Waals surface area contributed by atoms with E-state index in [1.165, 1.54) is 18.3 Å². The highest BCUT2D eigenvalue weighted by Gasteiger charge is 2.31. The first-order valence-electron chi connectivity index (χ1n) is 10.5. The van der Waals surface area contributed by atoms with Gasteiger partial charge in [0.25, 0.3) is 5.91 Å². The van der Waals surface area contributed by atoms with Crippen molar-refractivity contribution in [3.05, 3.63) is 102 Å². The van der Waals surface area contributed by atoms with Crippen LogP contribution in [0.3, 0.4) is 0 Å². The lowest BCUT2D eigenvalue weighted by Crippen LogP contribution is -2.31. The molecular formula is C26H23F3N2O3. The third-order valence-corrected chi connectivity index (χ3v) is 4.97. The minimum absolute atomic E-state index is 0.0497. The Morgan fingerprint density at radius 2 is 1.62 bits per heavy atom. The number of anilines is 1. The molecule has 1 amide bonds. The van der Waals surface area contributed by atoms with Gasteiger partial charge in [-0.05, 0) is 35.2 Å². The van der Waals surface area contributed by atoms with Crippen LogP contribution in [0.5, 0.6) is 0 Å². The number of hydrogen-bond donors (Lipinski definition) is 0. The van der Waals surface area contributed by atoms with E-state index in [1.54, 1.807) is 30.3 Å². The number of alkyl halides is 3. The highest BCUT2D eigenvalue weighted by Crippen LogP contribution is 2.32. The molecule has 34 heavy (non-hydrogen) atoms. The number of nitrogens with zero attached hydrogens (tertiary/aromatic N) is 2. The van der Waals surface area contributed by atoms with Crippen LogP contribution >= 0.6 is 0 Å². The maximum atomic E-state index is 13.2. The third kappa shape index (κ3) is 7.03. The van der Waals surface area contributed by atoms with E-state index in [-0.39, 0.29) is 18.0 Å². The summed E-state index contributed by atoms with van der Waals surface area (Å²) in [6.07, 6.45) is -3.19. The van der Waals surface area contributed by atoms with Crippen molar-refractivity contribution in [1.82, 2.24) is 0 Å². The van der Waals surface area contributed by atoms with Gasteiger partial charge in [-0.15, -0.1) is 0 Å². The monoisotopic (exact) mass is 468 g/mol. The molecule has 0 saturated carbocycles. The normalized spacial score (nSPS) is 12.4. The van der Waals surface area contributed by atoms with Gasteiger partial charge in [0.15, 0.2) is 6.61 Å². The number of amides is 1. The van der Waals surface area contributed by atoms with Gasteiger partial charge in [0, 0.05) is 0 Å². The molecule has 3 aromatic carbocycles. The Balaban J connectivity index is 1.74. The summed E-state index contributed by atoms with van der Waals surface area (Å²) in [5.41, 5.74) is 0.567. The van der Waals surface area contributed by atoms with E-state index in [2.05, 4.69) is 5.10 Å². The highest BCUT2D eigenvalue weighted by molar-refractivity contribution is 5.96. The summed E-state index contributed by atoms with van der Waals surface area (Å²) in [7, 11) is 0. The summed E-state index contributed by atoms with van der Waals surface area (Å²) in [5, 5.41) is 4.88. The van der Waals surface area contributed by atoms with Crippen LogP contribution in [0.1, 0.15) is 36.0 Å². The number of rotatable bonds is 8. The largest absolute Gasteiger partial charge is 0.455 e. The van der Waals surface area contributed by atoms with Crippen molar-refractivity contribution in [1.29, 1.82) is 0 Å². The smallest absolute Gasteiger partial charge is 0.416 e. The summed E-state index contributed by atoms with van der Waals surface area (Å²) in [6.45, 7) is 1.19. The number of benzene rings is 3. The number of esters is 1. The molecular weight excluding hydrogens is 445 g/mol. The second kappa shape index (κ2) is 11.3. The molecule has 0 aliphatic carbocycles. The fraction of sp³-hybridized carbons (Fsp3) is 0.192. The number of carbonyl (C=O) groups excluding carboxylic acids is 2. The first kappa shape index (κ1) is 24.7. The molecule has 8 heteroatoms. The maximum Gasteiger partial charge on any atom is 0.416 e. The maximum absolute atomic E-state index is 13.2. The molecule has 0 aliphatic rings. The Kier molecular flexibility index (Phi) is 8.19. The Morgan fingerprint density at radius 3 is 2.26 bits per heavy atom. The van der Waals surface area contributed by atoms with Crippen LogP contribution in [-0.2, 0) is 20.5 Å². The second-order valence-electron chi connectivity index (χ2n) is 7.59. The topological polar surface area (TPSA) is 59.0 Å². The molecule has 0 N–H and O–H groups in total. The van der Waals surface area contributed by atoms with Crippen molar-refractivity contribution < 1.29 is 27.5 Å². The highest BCUT2D eigenvalue weighted by atomic mass is 19.4. The van der Waals surface area contributed by atoms with Crippen molar-refractivity contribution in [3.63, 3.8) is 0 Å². The third-order valence-electron chi connectivity index (χ3n) is 4.97. The van der Waals surface area contributed by atoms with Gasteiger partial charge in [0.1, 0.15) is 0 Å². The number of carbonyl (C=O) groups is 2. The number of ether oxygens (including phenoxy) is 1. The van der Waals surface area contributed by atoms with E-state index in [1.807, 2.05) is 37.3 Å². The van der Waals surface area contributed by atoms with Crippen LogP contribution in [0.4, 0.5) is 18.9 Å². The molecule has 3 aromatic rings. The fourth-order valence-electron chi connectivity index (χ4n) is 3.16. The summed E-state index contributed by atoms with van der Waals surface area (Å²) in [6, 6.07) is 22.3. The van der Waals surface area contributed by atoms with E-state index >= 15 is 0 Å². The molecule has 1 unspecified atom stereocenters. The summed E-state index contributed by atoms with van der Waals surface area (Å²) in [4.78, 5) is 25.1. The van der Waals surface area contributed by atoms with Gasteiger partial charge in [0.2, 0.25) is 0 Å². The van der Waals surface area contributed by atoms with Gasteiger partial charge in [-0.1, -0.05) is 73.7 Å². The molecule has 0 aromatic heterocycles. The van der Waals surface area contributed by atoms with Gasteiger partial charge < -0.3 is 4.74 Å². The van der Waals surface area contributed by atoms with Crippen molar-refractivity contribution in [2.45, 2.75) is 25.4 Å². The first-order valence-corrected chi connectivity index (χ1v) is 10.5. The van der Waals surface area contributed by atoms with Gasteiger partial charge in [-0.3, -0.25) is 9.59 Å². The van der Waals surface area contributed by atoms with Crippen LogP contribution in [0.15, 0.2) is 90.0 Å². The van der Waals surface area contributed by atoms with Crippen molar-refractivity contribution >= 4 is 23.8 Å². The van der Waals surface area contributed by atoms with Crippen LogP contribution < -0.4 is 5.01 Å². The zero-order valence-corrected chi connectivity index (χ0v) is 18.4. The molecule has 0 saturated heterocycles. The van der Waals surface area contributed by atoms with E-state index < -0.39 is 30.2 Å². The molecule has 176 valence electrons. The average molecular weight is 468 g/mol. The molecule has 0 fully saturated rings. The van der Waals surface area contributed by atoms with E-state index in [0.29, 0.717) is 5.56 Å². The van der Waals surface area contributed by atoms with Crippen molar-refractivity contribution in [2.24, 2.45) is 5.10 Å². The Bertz CT molecular complexity index is 1130. The van der Waals surface area contributed by atoms with Gasteiger partial charge in [-0.25, -0.2) is 0 Å². The van der Waals surface area contributed by atoms with Gasteiger partial charge >= 0.3 is 12.1 Å². The molecule has 1 atom stereocenters. The van der Waals surface area contributed by atoms with E-state index in [9.17, 15) is 22.8 Å². The zero-order chi connectivity index (χ0) is 24.6. The molecule has 5 nitrogen and oxygen atoms in total. The minimum atomic E-state index is -4.59. The summed E-state index contributed by atoms with van der Waals surface area (Å²) in [5.74, 6) is -1.51. The Hall–Kier alpha value is -3.94. The standard InChI is InChI=1S/C26H23F3N2O3/c1-19(21-11-6-3-7-12-21)15-25(33)34-18-24(32)31(30-17-20-9-4-2-5-10-20)23-14-8-13-22(16-23)26(27,28)29/h2-14,16-17,19H,15,18H2,1H3. The molecule has 0 aliphatic heterocycles. The molecule has 0 radical (unpaired) electrons. The Labute approximate surface area is 195 Å². The molecule has 3 rings (SSSR count). The fourth-order valence-corrected chi connectivity index (χ4v) is 3.16.